The molecule has 4 heteroatoms. The van der Waals surface area contributed by atoms with E-state index in [0.717, 1.165) is 40.7 Å². The summed E-state index contributed by atoms with van der Waals surface area (Å²) in [5.41, 5.74) is 2.09. The molecule has 0 bridgehead atoms. The van der Waals surface area contributed by atoms with Crippen LogP contribution >= 0.6 is 0 Å². The number of phenolic OH excluding ortho intramolecular Hbond substituents is 1. The van der Waals surface area contributed by atoms with Crippen LogP contribution in [0.4, 0.5) is 0 Å². The molecule has 1 saturated heterocycles. The van der Waals surface area contributed by atoms with Gasteiger partial charge in [-0.15, -0.1) is 0 Å². The molecule has 1 atom stereocenters. The Morgan fingerprint density at radius 3 is 2.42 bits per heavy atom. The number of rotatable bonds is 4. The van der Waals surface area contributed by atoms with E-state index in [1.807, 2.05) is 30.3 Å². The molecule has 4 rings (SSSR count). The SMILES string of the molecule is COc1ccc([C@H](c2c(O)ccc3ccccc23)N2CCOCC2)cc1. The number of fused-ring (bicyclic) bond motifs is 1. The van der Waals surface area contributed by atoms with E-state index in [1.54, 1.807) is 13.2 Å². The highest BCUT2D eigenvalue weighted by atomic mass is 16.5. The summed E-state index contributed by atoms with van der Waals surface area (Å²) < 4.78 is 10.9. The number of nitrogens with zero attached hydrogens (tertiary/aromatic N) is 1. The van der Waals surface area contributed by atoms with Gasteiger partial charge in [0.15, 0.2) is 0 Å². The number of ether oxygens (including phenoxy) is 2. The van der Waals surface area contributed by atoms with Crippen LogP contribution in [0, 0.1) is 0 Å². The molecule has 1 fully saturated rings. The van der Waals surface area contributed by atoms with Gasteiger partial charge in [0.05, 0.1) is 26.4 Å². The first kappa shape index (κ1) is 16.9. The van der Waals surface area contributed by atoms with E-state index in [0.29, 0.717) is 19.0 Å². The predicted molar refractivity (Wildman–Crippen MR) is 103 cm³/mol. The van der Waals surface area contributed by atoms with Crippen molar-refractivity contribution >= 4 is 10.8 Å². The maximum atomic E-state index is 10.8. The lowest BCUT2D eigenvalue weighted by Gasteiger charge is -2.36. The monoisotopic (exact) mass is 349 g/mol. The zero-order chi connectivity index (χ0) is 17.9. The molecule has 1 aliphatic heterocycles. The van der Waals surface area contributed by atoms with Crippen LogP contribution in [0.15, 0.2) is 60.7 Å². The minimum absolute atomic E-state index is 0.0316. The Morgan fingerprint density at radius 2 is 1.69 bits per heavy atom. The van der Waals surface area contributed by atoms with Gasteiger partial charge in [-0.2, -0.15) is 0 Å². The summed E-state index contributed by atoms with van der Waals surface area (Å²) in [4.78, 5) is 2.38. The minimum atomic E-state index is -0.0316. The minimum Gasteiger partial charge on any atom is -0.508 e. The van der Waals surface area contributed by atoms with Gasteiger partial charge in [0.1, 0.15) is 11.5 Å². The Balaban J connectivity index is 1.88. The van der Waals surface area contributed by atoms with Crippen LogP contribution in [0.5, 0.6) is 11.5 Å². The Hall–Kier alpha value is -2.56. The average molecular weight is 349 g/mol. The van der Waals surface area contributed by atoms with Crippen LogP contribution in [0.25, 0.3) is 10.8 Å². The van der Waals surface area contributed by atoms with E-state index >= 15 is 0 Å². The van der Waals surface area contributed by atoms with Gasteiger partial charge >= 0.3 is 0 Å². The number of benzene rings is 3. The summed E-state index contributed by atoms with van der Waals surface area (Å²) in [5.74, 6) is 1.16. The third-order valence-electron chi connectivity index (χ3n) is 5.06. The Kier molecular flexibility index (Phi) is 4.78. The maximum absolute atomic E-state index is 10.8. The summed E-state index contributed by atoms with van der Waals surface area (Å²) in [5, 5.41) is 13.0. The molecule has 0 spiro atoms. The van der Waals surface area contributed by atoms with Crippen molar-refractivity contribution in [2.45, 2.75) is 6.04 Å². The molecule has 134 valence electrons. The normalized spacial score (nSPS) is 16.5. The van der Waals surface area contributed by atoms with Crippen molar-refractivity contribution in [3.63, 3.8) is 0 Å². The van der Waals surface area contributed by atoms with Gasteiger partial charge in [-0.05, 0) is 34.5 Å². The second-order valence-corrected chi connectivity index (χ2v) is 6.54. The van der Waals surface area contributed by atoms with Crippen molar-refractivity contribution in [1.29, 1.82) is 0 Å². The van der Waals surface area contributed by atoms with E-state index in [2.05, 4.69) is 29.2 Å². The molecule has 26 heavy (non-hydrogen) atoms. The molecule has 0 unspecified atom stereocenters. The first-order chi connectivity index (χ1) is 12.8. The summed E-state index contributed by atoms with van der Waals surface area (Å²) in [6.45, 7) is 3.08. The molecule has 1 heterocycles. The molecular formula is C22H23NO3. The van der Waals surface area contributed by atoms with Crippen LogP contribution in [0.2, 0.25) is 0 Å². The highest BCUT2D eigenvalue weighted by molar-refractivity contribution is 5.88. The van der Waals surface area contributed by atoms with Crippen molar-refractivity contribution in [1.82, 2.24) is 4.90 Å². The predicted octanol–water partition coefficient (Wildman–Crippen LogP) is 3.98. The van der Waals surface area contributed by atoms with Crippen molar-refractivity contribution < 1.29 is 14.6 Å². The van der Waals surface area contributed by atoms with Gasteiger partial charge in [0.25, 0.3) is 0 Å². The fourth-order valence-electron chi connectivity index (χ4n) is 3.75. The smallest absolute Gasteiger partial charge is 0.121 e. The lowest BCUT2D eigenvalue weighted by atomic mass is 9.91. The summed E-state index contributed by atoms with van der Waals surface area (Å²) >= 11 is 0. The number of hydrogen-bond acceptors (Lipinski definition) is 4. The van der Waals surface area contributed by atoms with Crippen LogP contribution in [-0.2, 0) is 4.74 Å². The number of methoxy groups -OCH3 is 1. The zero-order valence-electron chi connectivity index (χ0n) is 14.9. The van der Waals surface area contributed by atoms with Crippen LogP contribution in [0.3, 0.4) is 0 Å². The lowest BCUT2D eigenvalue weighted by molar-refractivity contribution is 0.0238. The lowest BCUT2D eigenvalue weighted by Crippen LogP contribution is -2.39. The fourth-order valence-corrected chi connectivity index (χ4v) is 3.75. The third kappa shape index (κ3) is 3.14. The molecule has 0 aromatic heterocycles. The van der Waals surface area contributed by atoms with Crippen molar-refractivity contribution in [2.75, 3.05) is 33.4 Å². The first-order valence-electron chi connectivity index (χ1n) is 8.94. The number of hydrogen-bond donors (Lipinski definition) is 1. The third-order valence-corrected chi connectivity index (χ3v) is 5.06. The topological polar surface area (TPSA) is 41.9 Å². The summed E-state index contributed by atoms with van der Waals surface area (Å²) in [6, 6.07) is 20.1. The highest BCUT2D eigenvalue weighted by Gasteiger charge is 2.28. The van der Waals surface area contributed by atoms with Gasteiger partial charge in [-0.1, -0.05) is 42.5 Å². The van der Waals surface area contributed by atoms with E-state index in [-0.39, 0.29) is 6.04 Å². The van der Waals surface area contributed by atoms with Gasteiger partial charge in [0, 0.05) is 18.7 Å². The van der Waals surface area contributed by atoms with Gasteiger partial charge < -0.3 is 14.6 Å². The second-order valence-electron chi connectivity index (χ2n) is 6.54. The molecule has 1 aliphatic rings. The zero-order valence-corrected chi connectivity index (χ0v) is 14.9. The van der Waals surface area contributed by atoms with Gasteiger partial charge in [-0.25, -0.2) is 0 Å². The molecule has 4 nitrogen and oxygen atoms in total. The van der Waals surface area contributed by atoms with Gasteiger partial charge in [-0.3, -0.25) is 4.90 Å². The number of phenols is 1. The quantitative estimate of drug-likeness (QED) is 0.774. The molecule has 0 amide bonds. The van der Waals surface area contributed by atoms with E-state index in [4.69, 9.17) is 9.47 Å². The number of morpholine rings is 1. The highest BCUT2D eigenvalue weighted by Crippen LogP contribution is 2.39. The van der Waals surface area contributed by atoms with Crippen LogP contribution < -0.4 is 4.74 Å². The van der Waals surface area contributed by atoms with Crippen molar-refractivity contribution in [3.8, 4) is 11.5 Å². The first-order valence-corrected chi connectivity index (χ1v) is 8.94. The van der Waals surface area contributed by atoms with Gasteiger partial charge in [0.2, 0.25) is 0 Å². The summed E-state index contributed by atoms with van der Waals surface area (Å²) in [6.07, 6.45) is 0. The van der Waals surface area contributed by atoms with Crippen LogP contribution in [0.1, 0.15) is 17.2 Å². The van der Waals surface area contributed by atoms with E-state index in [9.17, 15) is 5.11 Å². The molecule has 3 aromatic rings. The van der Waals surface area contributed by atoms with Crippen LogP contribution in [-0.4, -0.2) is 43.4 Å². The fraction of sp³-hybridized carbons (Fsp3) is 0.273. The maximum Gasteiger partial charge on any atom is 0.121 e. The number of aromatic hydroxyl groups is 1. The molecule has 0 aliphatic carbocycles. The molecular weight excluding hydrogens is 326 g/mol. The van der Waals surface area contributed by atoms with E-state index < -0.39 is 0 Å². The van der Waals surface area contributed by atoms with Crippen molar-refractivity contribution in [3.05, 3.63) is 71.8 Å². The summed E-state index contributed by atoms with van der Waals surface area (Å²) in [7, 11) is 1.67. The second kappa shape index (κ2) is 7.36. The largest absolute Gasteiger partial charge is 0.508 e. The van der Waals surface area contributed by atoms with E-state index in [1.165, 1.54) is 0 Å². The molecule has 0 radical (unpaired) electrons. The Bertz CT molecular complexity index is 886. The average Bonchev–Trinajstić information content (AvgIpc) is 2.71. The van der Waals surface area contributed by atoms with Crippen molar-refractivity contribution in [2.24, 2.45) is 0 Å². The molecule has 0 saturated carbocycles. The Morgan fingerprint density at radius 1 is 0.962 bits per heavy atom. The standard InChI is InChI=1S/C22H23NO3/c1-25-18-9-6-17(7-10-18)22(23-12-14-26-15-13-23)21-19-5-3-2-4-16(19)8-11-20(21)24/h2-11,22,24H,12-15H2,1H3/t22-/m1/s1. The Labute approximate surface area is 153 Å². The molecule has 3 aromatic carbocycles. The molecule has 1 N–H and O–H groups in total.